The Morgan fingerprint density at radius 2 is 1.82 bits per heavy atom. The van der Waals surface area contributed by atoms with E-state index in [1.165, 1.54) is 28.4 Å². The summed E-state index contributed by atoms with van der Waals surface area (Å²) < 4.78 is 38.2. The van der Waals surface area contributed by atoms with E-state index in [1.54, 1.807) is 6.92 Å². The fraction of sp³-hybridized carbons (Fsp3) is 0.941. The van der Waals surface area contributed by atoms with Gasteiger partial charge in [0.25, 0.3) is 0 Å². The van der Waals surface area contributed by atoms with Crippen LogP contribution in [0, 0.1) is 0 Å². The van der Waals surface area contributed by atoms with Crippen LogP contribution in [0.1, 0.15) is 6.92 Å². The lowest BCUT2D eigenvalue weighted by Gasteiger charge is -2.46. The number of carbonyl (C=O) groups is 1. The summed E-state index contributed by atoms with van der Waals surface area (Å²) in [5, 5.41) is 23.7. The molecule has 11 nitrogen and oxygen atoms in total. The van der Waals surface area contributed by atoms with Crippen molar-refractivity contribution in [1.29, 1.82) is 0 Å². The van der Waals surface area contributed by atoms with E-state index in [0.717, 1.165) is 0 Å². The molecule has 0 bridgehead atoms. The summed E-state index contributed by atoms with van der Waals surface area (Å²) in [6, 6.07) is 0. The van der Waals surface area contributed by atoms with Gasteiger partial charge in [0.2, 0.25) is 0 Å². The molecule has 9 atom stereocenters. The monoisotopic (exact) mass is 409 g/mol. The number of carbonyl (C=O) groups excluding carboxylic acids is 1. The molecular weight excluding hydrogens is 378 g/mol. The largest absolute Gasteiger partial charge is 0.440 e. The summed E-state index contributed by atoms with van der Waals surface area (Å²) in [5.74, 6) is 0. The first-order valence-corrected chi connectivity index (χ1v) is 9.09. The maximum atomic E-state index is 11.6. The predicted molar refractivity (Wildman–Crippen MR) is 93.8 cm³/mol. The van der Waals surface area contributed by atoms with Crippen molar-refractivity contribution in [3.63, 3.8) is 0 Å². The van der Waals surface area contributed by atoms with E-state index in [1.807, 2.05) is 0 Å². The Morgan fingerprint density at radius 3 is 2.39 bits per heavy atom. The topological polar surface area (TPSA) is 134 Å². The van der Waals surface area contributed by atoms with Crippen LogP contribution in [-0.2, 0) is 33.2 Å². The zero-order valence-corrected chi connectivity index (χ0v) is 16.8. The Labute approximate surface area is 164 Å². The van der Waals surface area contributed by atoms with Crippen molar-refractivity contribution in [2.45, 2.75) is 62.0 Å². The number of aliphatic hydroxyl groups excluding tert-OH is 2. The van der Waals surface area contributed by atoms with Crippen LogP contribution in [-0.4, -0.2) is 113 Å². The molecule has 2 heterocycles. The van der Waals surface area contributed by atoms with Gasteiger partial charge in [-0.2, -0.15) is 0 Å². The van der Waals surface area contributed by atoms with Crippen LogP contribution in [0.4, 0.5) is 4.79 Å². The molecule has 0 radical (unpaired) electrons. The van der Waals surface area contributed by atoms with Crippen LogP contribution in [0.3, 0.4) is 0 Å². The van der Waals surface area contributed by atoms with Crippen molar-refractivity contribution >= 4 is 6.09 Å². The van der Waals surface area contributed by atoms with Gasteiger partial charge >= 0.3 is 6.09 Å². The highest BCUT2D eigenvalue weighted by Crippen LogP contribution is 2.30. The number of rotatable bonds is 7. The number of amides is 1. The first-order chi connectivity index (χ1) is 13.4. The molecule has 0 spiro atoms. The lowest BCUT2D eigenvalue weighted by molar-refractivity contribution is -0.325. The summed E-state index contributed by atoms with van der Waals surface area (Å²) in [7, 11) is 5.80. The highest BCUT2D eigenvalue weighted by molar-refractivity contribution is 5.67. The van der Waals surface area contributed by atoms with E-state index in [9.17, 15) is 15.0 Å². The van der Waals surface area contributed by atoms with E-state index < -0.39 is 61.2 Å². The minimum atomic E-state index is -1.35. The van der Waals surface area contributed by atoms with Gasteiger partial charge < -0.3 is 48.7 Å². The molecule has 0 aromatic carbocycles. The molecule has 0 aromatic heterocycles. The molecule has 1 amide bonds. The smallest absolute Gasteiger partial charge is 0.407 e. The third-order valence-corrected chi connectivity index (χ3v) is 4.94. The number of methoxy groups -OCH3 is 3. The molecular formula is C17H31NO10. The summed E-state index contributed by atoms with van der Waals surface area (Å²) >= 11 is 0. The quantitative estimate of drug-likeness (QED) is 0.463. The number of alkyl carbamates (subject to hydrolysis) is 1. The predicted octanol–water partition coefficient (Wildman–Crippen LogP) is -1.36. The molecule has 3 N–H and O–H groups in total. The van der Waals surface area contributed by atoms with Gasteiger partial charge in [-0.3, -0.25) is 0 Å². The fourth-order valence-corrected chi connectivity index (χ4v) is 3.46. The van der Waals surface area contributed by atoms with Crippen molar-refractivity contribution in [2.24, 2.45) is 0 Å². The molecule has 0 aromatic rings. The minimum absolute atomic E-state index is 0.0217. The molecule has 164 valence electrons. The number of hydrogen-bond donors (Lipinski definition) is 3. The second-order valence-corrected chi connectivity index (χ2v) is 6.71. The number of hydrogen-bond acceptors (Lipinski definition) is 10. The van der Waals surface area contributed by atoms with Crippen LogP contribution < -0.4 is 5.32 Å². The number of aliphatic hydroxyl groups is 2. The van der Waals surface area contributed by atoms with E-state index in [0.29, 0.717) is 0 Å². The van der Waals surface area contributed by atoms with Crippen LogP contribution in [0.25, 0.3) is 0 Å². The molecule has 0 saturated carbocycles. The zero-order chi connectivity index (χ0) is 20.8. The molecule has 28 heavy (non-hydrogen) atoms. The Morgan fingerprint density at radius 1 is 1.11 bits per heavy atom. The standard InChI is InChI=1S/C17H31NO10/c1-8-13(24-5)15(11(19)9(26-8)6-22-3)27-16-12(20)14(28-17(21)18-2)10(23-4)7-25-16/h8-16,19-20H,6-7H2,1-5H3,(H,18,21). The van der Waals surface area contributed by atoms with Gasteiger partial charge in [0.05, 0.1) is 19.3 Å². The molecule has 9 unspecified atom stereocenters. The second kappa shape index (κ2) is 10.6. The van der Waals surface area contributed by atoms with Crippen LogP contribution in [0.5, 0.6) is 0 Å². The lowest BCUT2D eigenvalue weighted by atomic mass is 9.95. The number of nitrogens with one attached hydrogen (secondary N) is 1. The van der Waals surface area contributed by atoms with Gasteiger partial charge in [0, 0.05) is 28.4 Å². The summed E-state index contributed by atoms with van der Waals surface area (Å²) in [4.78, 5) is 11.6. The minimum Gasteiger partial charge on any atom is -0.440 e. The molecule has 2 saturated heterocycles. The van der Waals surface area contributed by atoms with Gasteiger partial charge in [0.15, 0.2) is 12.4 Å². The molecule has 11 heteroatoms. The fourth-order valence-electron chi connectivity index (χ4n) is 3.46. The maximum absolute atomic E-state index is 11.6. The van der Waals surface area contributed by atoms with E-state index in [-0.39, 0.29) is 13.2 Å². The molecule has 2 aliphatic rings. The highest BCUT2D eigenvalue weighted by Gasteiger charge is 2.49. The highest BCUT2D eigenvalue weighted by atomic mass is 16.7. The summed E-state index contributed by atoms with van der Waals surface area (Å²) in [6.07, 6.45) is -8.54. The van der Waals surface area contributed by atoms with Crippen molar-refractivity contribution < 1.29 is 48.2 Å². The Bertz CT molecular complexity index is 495. The average Bonchev–Trinajstić information content (AvgIpc) is 2.68. The third-order valence-electron chi connectivity index (χ3n) is 4.94. The first kappa shape index (κ1) is 23.2. The van der Waals surface area contributed by atoms with Gasteiger partial charge in [-0.05, 0) is 6.92 Å². The zero-order valence-electron chi connectivity index (χ0n) is 16.8. The summed E-state index contributed by atoms with van der Waals surface area (Å²) in [5.41, 5.74) is 0. The molecule has 2 rings (SSSR count). The Hall–Kier alpha value is -1.05. The normalized spacial score (nSPS) is 41.5. The van der Waals surface area contributed by atoms with Crippen LogP contribution in [0.2, 0.25) is 0 Å². The summed E-state index contributed by atoms with van der Waals surface area (Å²) in [6.45, 7) is 1.97. The maximum Gasteiger partial charge on any atom is 0.407 e. The average molecular weight is 409 g/mol. The third kappa shape index (κ3) is 5.10. The van der Waals surface area contributed by atoms with Gasteiger partial charge in [0.1, 0.15) is 36.6 Å². The SMILES string of the molecule is CNC(=O)OC1C(OC)COC(OC2C(O)C(COC)OC(C)C2OC)C1O. The van der Waals surface area contributed by atoms with Crippen molar-refractivity contribution in [1.82, 2.24) is 5.32 Å². The Kier molecular flexibility index (Phi) is 8.83. The van der Waals surface area contributed by atoms with E-state index in [4.69, 9.17) is 33.2 Å². The van der Waals surface area contributed by atoms with Crippen molar-refractivity contribution in [3.05, 3.63) is 0 Å². The molecule has 2 fully saturated rings. The van der Waals surface area contributed by atoms with Gasteiger partial charge in [-0.1, -0.05) is 0 Å². The second-order valence-electron chi connectivity index (χ2n) is 6.71. The Balaban J connectivity index is 2.14. The molecule has 0 aliphatic carbocycles. The lowest BCUT2D eigenvalue weighted by Crippen LogP contribution is -2.63. The van der Waals surface area contributed by atoms with Crippen molar-refractivity contribution in [3.8, 4) is 0 Å². The van der Waals surface area contributed by atoms with Crippen molar-refractivity contribution in [2.75, 3.05) is 41.6 Å². The van der Waals surface area contributed by atoms with Gasteiger partial charge in [-0.25, -0.2) is 4.79 Å². The van der Waals surface area contributed by atoms with Gasteiger partial charge in [-0.15, -0.1) is 0 Å². The van der Waals surface area contributed by atoms with E-state index >= 15 is 0 Å². The first-order valence-electron chi connectivity index (χ1n) is 9.09. The van der Waals surface area contributed by atoms with E-state index in [2.05, 4.69) is 5.32 Å². The van der Waals surface area contributed by atoms with Crippen LogP contribution >= 0.6 is 0 Å². The number of ether oxygens (including phenoxy) is 7. The van der Waals surface area contributed by atoms with Crippen LogP contribution in [0.15, 0.2) is 0 Å². The molecule has 2 aliphatic heterocycles.